The highest BCUT2D eigenvalue weighted by Gasteiger charge is 2.12. The van der Waals surface area contributed by atoms with Gasteiger partial charge in [0.05, 0.1) is 11.9 Å². The van der Waals surface area contributed by atoms with E-state index in [9.17, 15) is 0 Å². The molecule has 0 aliphatic carbocycles. The van der Waals surface area contributed by atoms with E-state index in [2.05, 4.69) is 23.9 Å². The lowest BCUT2D eigenvalue weighted by Gasteiger charge is -2.05. The van der Waals surface area contributed by atoms with Gasteiger partial charge in [0.15, 0.2) is 11.5 Å². The summed E-state index contributed by atoms with van der Waals surface area (Å²) in [5.74, 6) is 1.37. The van der Waals surface area contributed by atoms with E-state index in [1.165, 1.54) is 0 Å². The van der Waals surface area contributed by atoms with Crippen LogP contribution in [0, 0.1) is 0 Å². The molecule has 0 aliphatic rings. The van der Waals surface area contributed by atoms with Gasteiger partial charge in [0.2, 0.25) is 0 Å². The zero-order valence-corrected chi connectivity index (χ0v) is 9.14. The molecule has 0 saturated heterocycles. The Labute approximate surface area is 89.1 Å². The number of anilines is 1. The average Bonchev–Trinajstić information content (AvgIpc) is 2.62. The second kappa shape index (κ2) is 3.88. The van der Waals surface area contributed by atoms with Crippen LogP contribution < -0.4 is 5.73 Å². The summed E-state index contributed by atoms with van der Waals surface area (Å²) in [4.78, 5) is 4.49. The highest BCUT2D eigenvalue weighted by atomic mass is 15.3. The summed E-state index contributed by atoms with van der Waals surface area (Å²) in [5, 5.41) is 4.44. The molecule has 80 valence electrons. The quantitative estimate of drug-likeness (QED) is 0.834. The second-order valence-corrected chi connectivity index (χ2v) is 3.75. The summed E-state index contributed by atoms with van der Waals surface area (Å²) < 4.78 is 1.75. The molecule has 15 heavy (non-hydrogen) atoms. The Kier molecular flexibility index (Phi) is 2.58. The molecule has 0 saturated carbocycles. The third kappa shape index (κ3) is 1.79. The Morgan fingerprint density at radius 2 is 2.07 bits per heavy atom. The summed E-state index contributed by atoms with van der Waals surface area (Å²) in [6, 6.07) is 3.74. The van der Waals surface area contributed by atoms with Crippen molar-refractivity contribution in [1.82, 2.24) is 14.6 Å². The van der Waals surface area contributed by atoms with Crippen molar-refractivity contribution in [1.29, 1.82) is 0 Å². The smallest absolute Gasteiger partial charge is 0.155 e. The van der Waals surface area contributed by atoms with Gasteiger partial charge < -0.3 is 5.73 Å². The fraction of sp³-hybridized carbons (Fsp3) is 0.455. The first-order valence-electron chi connectivity index (χ1n) is 5.36. The van der Waals surface area contributed by atoms with Crippen LogP contribution in [0.3, 0.4) is 0 Å². The van der Waals surface area contributed by atoms with Gasteiger partial charge in [-0.15, -0.1) is 0 Å². The molecule has 2 rings (SSSR count). The van der Waals surface area contributed by atoms with Crippen molar-refractivity contribution in [2.24, 2.45) is 0 Å². The summed E-state index contributed by atoms with van der Waals surface area (Å²) in [5.41, 5.74) is 7.26. The van der Waals surface area contributed by atoms with E-state index in [0.29, 0.717) is 11.6 Å². The van der Waals surface area contributed by atoms with Crippen LogP contribution >= 0.6 is 0 Å². The Morgan fingerprint density at radius 1 is 1.33 bits per heavy atom. The molecule has 4 nitrogen and oxygen atoms in total. The Morgan fingerprint density at radius 3 is 2.73 bits per heavy atom. The predicted octanol–water partition coefficient (Wildman–Crippen LogP) is 2.22. The minimum absolute atomic E-state index is 0.450. The molecule has 2 aromatic rings. The maximum atomic E-state index is 5.69. The maximum Gasteiger partial charge on any atom is 0.155 e. The van der Waals surface area contributed by atoms with Crippen LogP contribution in [-0.2, 0) is 0 Å². The van der Waals surface area contributed by atoms with E-state index in [1.54, 1.807) is 10.7 Å². The van der Waals surface area contributed by atoms with Crippen molar-refractivity contribution < 1.29 is 0 Å². The highest BCUT2D eigenvalue weighted by molar-refractivity contribution is 5.46. The first-order valence-corrected chi connectivity index (χ1v) is 5.36. The summed E-state index contributed by atoms with van der Waals surface area (Å²) >= 11 is 0. The Bertz CT molecular complexity index is 457. The van der Waals surface area contributed by atoms with Gasteiger partial charge >= 0.3 is 0 Å². The van der Waals surface area contributed by atoms with Gasteiger partial charge in [0, 0.05) is 5.92 Å². The number of fused-ring (bicyclic) bond motifs is 1. The topological polar surface area (TPSA) is 56.2 Å². The lowest BCUT2D eigenvalue weighted by atomic mass is 10.0. The van der Waals surface area contributed by atoms with E-state index in [0.717, 1.165) is 24.3 Å². The molecule has 0 aromatic carbocycles. The average molecular weight is 204 g/mol. The monoisotopic (exact) mass is 204 g/mol. The fourth-order valence-electron chi connectivity index (χ4n) is 1.74. The molecule has 4 heteroatoms. The van der Waals surface area contributed by atoms with Crippen molar-refractivity contribution in [2.75, 3.05) is 5.73 Å². The van der Waals surface area contributed by atoms with Crippen LogP contribution in [0.1, 0.15) is 38.4 Å². The van der Waals surface area contributed by atoms with Crippen molar-refractivity contribution >= 4 is 11.3 Å². The second-order valence-electron chi connectivity index (χ2n) is 3.75. The van der Waals surface area contributed by atoms with Gasteiger partial charge in [0.1, 0.15) is 0 Å². The van der Waals surface area contributed by atoms with E-state index < -0.39 is 0 Å². The number of rotatable bonds is 3. The van der Waals surface area contributed by atoms with E-state index in [-0.39, 0.29) is 0 Å². The molecular weight excluding hydrogens is 188 g/mol. The number of nitrogen functional groups attached to an aromatic ring is 1. The molecule has 2 heterocycles. The molecule has 0 aliphatic heterocycles. The summed E-state index contributed by atoms with van der Waals surface area (Å²) in [6.07, 6.45) is 3.94. The molecular formula is C11H16N4. The molecule has 2 N–H and O–H groups in total. The van der Waals surface area contributed by atoms with Gasteiger partial charge in [-0.05, 0) is 25.0 Å². The Balaban J connectivity index is 2.46. The summed E-state index contributed by atoms with van der Waals surface area (Å²) in [7, 11) is 0. The van der Waals surface area contributed by atoms with Crippen LogP contribution in [0.25, 0.3) is 5.65 Å². The fourth-order valence-corrected chi connectivity index (χ4v) is 1.74. The molecule has 0 radical (unpaired) electrons. The molecule has 0 fully saturated rings. The van der Waals surface area contributed by atoms with Crippen LogP contribution in [0.4, 0.5) is 5.69 Å². The van der Waals surface area contributed by atoms with E-state index in [4.69, 9.17) is 5.73 Å². The zero-order valence-electron chi connectivity index (χ0n) is 9.14. The van der Waals surface area contributed by atoms with Crippen molar-refractivity contribution in [3.63, 3.8) is 0 Å². The normalized spacial score (nSPS) is 11.4. The SMILES string of the molecule is CCC(CC)c1nc2ccc(N)cn2n1. The van der Waals surface area contributed by atoms with Crippen LogP contribution in [-0.4, -0.2) is 14.6 Å². The first-order chi connectivity index (χ1) is 7.24. The van der Waals surface area contributed by atoms with Gasteiger partial charge in [-0.3, -0.25) is 0 Å². The van der Waals surface area contributed by atoms with Crippen molar-refractivity contribution in [3.8, 4) is 0 Å². The zero-order chi connectivity index (χ0) is 10.8. The van der Waals surface area contributed by atoms with Crippen LogP contribution in [0.15, 0.2) is 18.3 Å². The molecule has 0 spiro atoms. The standard InChI is InChI=1S/C11H16N4/c1-3-8(4-2)11-13-10-6-5-9(12)7-15(10)14-11/h5-8H,3-4,12H2,1-2H3. The van der Waals surface area contributed by atoms with Crippen molar-refractivity contribution in [2.45, 2.75) is 32.6 Å². The number of nitrogens with two attached hydrogens (primary N) is 1. The molecule has 0 unspecified atom stereocenters. The predicted molar refractivity (Wildman–Crippen MR) is 60.7 cm³/mol. The number of hydrogen-bond acceptors (Lipinski definition) is 3. The summed E-state index contributed by atoms with van der Waals surface area (Å²) in [6.45, 7) is 4.32. The lowest BCUT2D eigenvalue weighted by molar-refractivity contribution is 0.601. The minimum atomic E-state index is 0.450. The van der Waals surface area contributed by atoms with Gasteiger partial charge in [-0.2, -0.15) is 5.10 Å². The van der Waals surface area contributed by atoms with Gasteiger partial charge in [0.25, 0.3) is 0 Å². The first kappa shape index (κ1) is 9.96. The minimum Gasteiger partial charge on any atom is -0.397 e. The lowest BCUT2D eigenvalue weighted by Crippen LogP contribution is -1.98. The molecule has 0 bridgehead atoms. The third-order valence-corrected chi connectivity index (χ3v) is 2.72. The number of nitrogens with zero attached hydrogens (tertiary/aromatic N) is 3. The van der Waals surface area contributed by atoms with E-state index >= 15 is 0 Å². The van der Waals surface area contributed by atoms with Crippen molar-refractivity contribution in [3.05, 3.63) is 24.2 Å². The molecule has 2 aromatic heterocycles. The molecule has 0 atom stereocenters. The highest BCUT2D eigenvalue weighted by Crippen LogP contribution is 2.20. The number of hydrogen-bond donors (Lipinski definition) is 1. The van der Waals surface area contributed by atoms with Gasteiger partial charge in [-0.1, -0.05) is 13.8 Å². The Hall–Kier alpha value is -1.58. The number of aromatic nitrogens is 3. The maximum absolute atomic E-state index is 5.69. The number of pyridine rings is 1. The van der Waals surface area contributed by atoms with Crippen LogP contribution in [0.5, 0.6) is 0 Å². The molecule has 0 amide bonds. The van der Waals surface area contributed by atoms with Gasteiger partial charge in [-0.25, -0.2) is 9.50 Å². The third-order valence-electron chi connectivity index (χ3n) is 2.72. The van der Waals surface area contributed by atoms with E-state index in [1.807, 2.05) is 12.1 Å². The van der Waals surface area contributed by atoms with Crippen LogP contribution in [0.2, 0.25) is 0 Å². The largest absolute Gasteiger partial charge is 0.397 e.